The molecule has 2 aromatic carbocycles. The van der Waals surface area contributed by atoms with Gasteiger partial charge in [0.2, 0.25) is 5.91 Å². The minimum Gasteiger partial charge on any atom is -0.497 e. The first kappa shape index (κ1) is 18.4. The topological polar surface area (TPSA) is 38.3 Å². The number of hydrogen-bond donors (Lipinski definition) is 1. The van der Waals surface area contributed by atoms with Crippen molar-refractivity contribution in [1.82, 2.24) is 5.32 Å². The third-order valence-corrected chi connectivity index (χ3v) is 4.85. The summed E-state index contributed by atoms with van der Waals surface area (Å²) in [4.78, 5) is 12.2. The van der Waals surface area contributed by atoms with Gasteiger partial charge in [0, 0.05) is 5.75 Å². The molecular weight excluding hydrogens is 318 g/mol. The van der Waals surface area contributed by atoms with Crippen LogP contribution in [0.4, 0.5) is 0 Å². The van der Waals surface area contributed by atoms with Gasteiger partial charge in [0.05, 0.1) is 18.9 Å². The number of ether oxygens (including phenoxy) is 1. The molecule has 1 N–H and O–H groups in total. The molecule has 0 aromatic heterocycles. The van der Waals surface area contributed by atoms with Crippen LogP contribution in [-0.4, -0.2) is 18.8 Å². The van der Waals surface area contributed by atoms with Gasteiger partial charge in [-0.05, 0) is 36.6 Å². The maximum atomic E-state index is 12.2. The Morgan fingerprint density at radius 3 is 2.58 bits per heavy atom. The Balaban J connectivity index is 1.82. The first-order valence-electron chi connectivity index (χ1n) is 8.19. The minimum absolute atomic E-state index is 0.0444. The number of carbonyl (C=O) groups excluding carboxylic acids is 1. The van der Waals surface area contributed by atoms with Crippen LogP contribution in [-0.2, 0) is 10.5 Å². The van der Waals surface area contributed by atoms with Crippen LogP contribution >= 0.6 is 11.8 Å². The van der Waals surface area contributed by atoms with E-state index in [-0.39, 0.29) is 11.9 Å². The Labute approximate surface area is 148 Å². The van der Waals surface area contributed by atoms with Crippen molar-refractivity contribution in [2.45, 2.75) is 32.1 Å². The van der Waals surface area contributed by atoms with Gasteiger partial charge in [-0.25, -0.2) is 0 Å². The van der Waals surface area contributed by atoms with Crippen LogP contribution in [0.1, 0.15) is 36.1 Å². The van der Waals surface area contributed by atoms with Gasteiger partial charge < -0.3 is 10.1 Å². The maximum Gasteiger partial charge on any atom is 0.230 e. The van der Waals surface area contributed by atoms with E-state index in [0.29, 0.717) is 5.75 Å². The number of aryl methyl sites for hydroxylation is 1. The molecule has 0 aliphatic carbocycles. The third kappa shape index (κ3) is 5.60. The van der Waals surface area contributed by atoms with Crippen molar-refractivity contribution in [3.8, 4) is 5.75 Å². The summed E-state index contributed by atoms with van der Waals surface area (Å²) in [6.45, 7) is 4.16. The molecule has 0 spiro atoms. The molecule has 24 heavy (non-hydrogen) atoms. The molecule has 0 saturated carbocycles. The molecule has 0 aliphatic heterocycles. The van der Waals surface area contributed by atoms with E-state index in [9.17, 15) is 4.79 Å². The highest BCUT2D eigenvalue weighted by Crippen LogP contribution is 2.20. The van der Waals surface area contributed by atoms with Crippen molar-refractivity contribution >= 4 is 17.7 Å². The Morgan fingerprint density at radius 1 is 1.21 bits per heavy atom. The standard InChI is InChI=1S/C20H25NO2S/c1-4-19(17-8-10-18(23-3)11-9-17)21-20(22)14-24-13-16-7-5-6-15(2)12-16/h5-12,19H,4,13-14H2,1-3H3,(H,21,22)/t19-/m1/s1. The lowest BCUT2D eigenvalue weighted by molar-refractivity contribution is -0.119. The highest BCUT2D eigenvalue weighted by atomic mass is 32.2. The Bertz CT molecular complexity index is 655. The second kappa shape index (κ2) is 9.38. The lowest BCUT2D eigenvalue weighted by Crippen LogP contribution is -2.29. The Kier molecular flexibility index (Phi) is 7.19. The van der Waals surface area contributed by atoms with E-state index in [1.807, 2.05) is 24.3 Å². The zero-order valence-electron chi connectivity index (χ0n) is 14.5. The van der Waals surface area contributed by atoms with Gasteiger partial charge in [0.1, 0.15) is 5.75 Å². The smallest absolute Gasteiger partial charge is 0.230 e. The van der Waals surface area contributed by atoms with E-state index in [4.69, 9.17) is 4.74 Å². The minimum atomic E-state index is 0.0444. The molecule has 0 radical (unpaired) electrons. The lowest BCUT2D eigenvalue weighted by Gasteiger charge is -2.17. The molecular formula is C20H25NO2S. The third-order valence-electron chi connectivity index (χ3n) is 3.85. The van der Waals surface area contributed by atoms with Crippen molar-refractivity contribution in [3.63, 3.8) is 0 Å². The number of nitrogens with one attached hydrogen (secondary N) is 1. The van der Waals surface area contributed by atoms with E-state index in [1.54, 1.807) is 18.9 Å². The van der Waals surface area contributed by atoms with E-state index >= 15 is 0 Å². The van der Waals surface area contributed by atoms with E-state index < -0.39 is 0 Å². The van der Waals surface area contributed by atoms with Crippen molar-refractivity contribution in [2.75, 3.05) is 12.9 Å². The van der Waals surface area contributed by atoms with Crippen LogP contribution < -0.4 is 10.1 Å². The maximum absolute atomic E-state index is 12.2. The molecule has 4 heteroatoms. The number of hydrogen-bond acceptors (Lipinski definition) is 3. The highest BCUT2D eigenvalue weighted by Gasteiger charge is 2.12. The summed E-state index contributed by atoms with van der Waals surface area (Å²) in [6, 6.07) is 16.3. The zero-order valence-corrected chi connectivity index (χ0v) is 15.4. The largest absolute Gasteiger partial charge is 0.497 e. The predicted molar refractivity (Wildman–Crippen MR) is 102 cm³/mol. The van der Waals surface area contributed by atoms with Crippen LogP contribution in [0.2, 0.25) is 0 Å². The van der Waals surface area contributed by atoms with Crippen LogP contribution in [0.25, 0.3) is 0 Å². The molecule has 1 atom stereocenters. The molecule has 3 nitrogen and oxygen atoms in total. The first-order chi connectivity index (χ1) is 11.6. The van der Waals surface area contributed by atoms with Crippen LogP contribution in [0, 0.1) is 6.92 Å². The molecule has 0 bridgehead atoms. The highest BCUT2D eigenvalue weighted by molar-refractivity contribution is 7.99. The van der Waals surface area contributed by atoms with Crippen LogP contribution in [0.15, 0.2) is 48.5 Å². The first-order valence-corrected chi connectivity index (χ1v) is 9.34. The van der Waals surface area contributed by atoms with Crippen molar-refractivity contribution in [2.24, 2.45) is 0 Å². The fourth-order valence-corrected chi connectivity index (χ4v) is 3.34. The van der Waals surface area contributed by atoms with Gasteiger partial charge in [-0.2, -0.15) is 0 Å². The summed E-state index contributed by atoms with van der Waals surface area (Å²) in [6.07, 6.45) is 0.862. The number of amides is 1. The number of rotatable bonds is 8. The van der Waals surface area contributed by atoms with Gasteiger partial charge in [0.25, 0.3) is 0 Å². The average molecular weight is 343 g/mol. The van der Waals surface area contributed by atoms with Crippen LogP contribution in [0.3, 0.4) is 0 Å². The summed E-state index contributed by atoms with van der Waals surface area (Å²) in [5.74, 6) is 2.23. The number of thioether (sulfide) groups is 1. The monoisotopic (exact) mass is 343 g/mol. The fourth-order valence-electron chi connectivity index (χ4n) is 2.56. The Hall–Kier alpha value is -1.94. The molecule has 0 aliphatic rings. The van der Waals surface area contributed by atoms with Gasteiger partial charge in [-0.1, -0.05) is 48.9 Å². The Morgan fingerprint density at radius 2 is 1.96 bits per heavy atom. The summed E-state index contributed by atoms with van der Waals surface area (Å²) in [7, 11) is 1.65. The SMILES string of the molecule is CC[C@@H](NC(=O)CSCc1cccc(C)c1)c1ccc(OC)cc1. The second-order valence-corrected chi connectivity index (χ2v) is 6.77. The van der Waals surface area contributed by atoms with Gasteiger partial charge in [-0.15, -0.1) is 11.8 Å². The average Bonchev–Trinajstić information content (AvgIpc) is 2.60. The number of carbonyl (C=O) groups is 1. The van der Waals surface area contributed by atoms with Gasteiger partial charge in [-0.3, -0.25) is 4.79 Å². The van der Waals surface area contributed by atoms with Crippen molar-refractivity contribution in [1.29, 1.82) is 0 Å². The van der Waals surface area contributed by atoms with Gasteiger partial charge in [0.15, 0.2) is 0 Å². The molecule has 2 rings (SSSR count). The van der Waals surface area contributed by atoms with E-state index in [1.165, 1.54) is 11.1 Å². The lowest BCUT2D eigenvalue weighted by atomic mass is 10.0. The van der Waals surface area contributed by atoms with E-state index in [2.05, 4.69) is 43.4 Å². The zero-order chi connectivity index (χ0) is 17.4. The number of benzene rings is 2. The molecule has 0 fully saturated rings. The molecule has 0 saturated heterocycles. The summed E-state index contributed by atoms with van der Waals surface area (Å²) >= 11 is 1.64. The van der Waals surface area contributed by atoms with Gasteiger partial charge >= 0.3 is 0 Å². The molecule has 128 valence electrons. The molecule has 0 unspecified atom stereocenters. The summed E-state index contributed by atoms with van der Waals surface area (Å²) in [5.41, 5.74) is 3.62. The predicted octanol–water partition coefficient (Wildman–Crippen LogP) is 4.50. The van der Waals surface area contributed by atoms with Crippen molar-refractivity contribution in [3.05, 3.63) is 65.2 Å². The normalized spacial score (nSPS) is 11.8. The molecule has 1 amide bonds. The molecule has 2 aromatic rings. The fraction of sp³-hybridized carbons (Fsp3) is 0.350. The molecule has 0 heterocycles. The summed E-state index contributed by atoms with van der Waals surface area (Å²) < 4.78 is 5.18. The second-order valence-electron chi connectivity index (χ2n) is 5.78. The van der Waals surface area contributed by atoms with Crippen molar-refractivity contribution < 1.29 is 9.53 Å². The summed E-state index contributed by atoms with van der Waals surface area (Å²) in [5, 5.41) is 3.12. The van der Waals surface area contributed by atoms with Crippen LogP contribution in [0.5, 0.6) is 5.75 Å². The van der Waals surface area contributed by atoms with E-state index in [0.717, 1.165) is 23.5 Å². The quantitative estimate of drug-likeness (QED) is 0.767. The number of methoxy groups -OCH3 is 1.